The van der Waals surface area contributed by atoms with Gasteiger partial charge in [-0.1, -0.05) is 30.3 Å². The Labute approximate surface area is 197 Å². The van der Waals surface area contributed by atoms with E-state index in [2.05, 4.69) is 55.0 Å². The molecule has 1 unspecified atom stereocenters. The van der Waals surface area contributed by atoms with Gasteiger partial charge in [-0.25, -0.2) is 4.68 Å². The Morgan fingerprint density at radius 1 is 1.00 bits per heavy atom. The van der Waals surface area contributed by atoms with E-state index in [9.17, 15) is 4.79 Å². The first-order chi connectivity index (χ1) is 15.9. The quantitative estimate of drug-likeness (QED) is 0.404. The number of benzene rings is 2. The number of thiophene rings is 1. The number of fused-ring (bicyclic) bond motifs is 1. The highest BCUT2D eigenvalue weighted by Crippen LogP contribution is 2.40. The molecule has 1 atom stereocenters. The first-order valence-corrected chi connectivity index (χ1v) is 11.7. The second-order valence-corrected chi connectivity index (χ2v) is 9.30. The summed E-state index contributed by atoms with van der Waals surface area (Å²) in [6, 6.07) is 17.4. The molecule has 0 saturated heterocycles. The second-order valence-electron chi connectivity index (χ2n) is 8.36. The lowest BCUT2D eigenvalue weighted by atomic mass is 9.99. The maximum absolute atomic E-state index is 13.5. The number of hydrogen-bond donors (Lipinski definition) is 2. The lowest BCUT2D eigenvalue weighted by Crippen LogP contribution is -2.31. The Bertz CT molecular complexity index is 1380. The van der Waals surface area contributed by atoms with Crippen molar-refractivity contribution >= 4 is 28.9 Å². The van der Waals surface area contributed by atoms with E-state index in [0.29, 0.717) is 17.3 Å². The van der Waals surface area contributed by atoms with E-state index in [-0.39, 0.29) is 11.9 Å². The second kappa shape index (κ2) is 8.33. The fraction of sp³-hybridized carbons (Fsp3) is 0.192. The molecule has 166 valence electrons. The minimum Gasteiger partial charge on any atom is -0.328 e. The van der Waals surface area contributed by atoms with Crippen molar-refractivity contribution in [3.05, 3.63) is 92.8 Å². The molecule has 33 heavy (non-hydrogen) atoms. The molecule has 4 aromatic rings. The molecule has 1 amide bonds. The third-order valence-electron chi connectivity index (χ3n) is 6.04. The van der Waals surface area contributed by atoms with Crippen LogP contribution >= 0.6 is 11.3 Å². The summed E-state index contributed by atoms with van der Waals surface area (Å²) in [5.41, 5.74) is 6.66. The number of para-hydroxylation sites is 1. The van der Waals surface area contributed by atoms with Gasteiger partial charge in [-0.15, -0.1) is 16.4 Å². The highest BCUT2D eigenvalue weighted by Gasteiger charge is 2.36. The van der Waals surface area contributed by atoms with E-state index in [4.69, 9.17) is 10.1 Å². The Morgan fingerprint density at radius 2 is 1.79 bits per heavy atom. The van der Waals surface area contributed by atoms with Crippen molar-refractivity contribution in [2.24, 2.45) is 0 Å². The molecule has 7 heteroatoms. The summed E-state index contributed by atoms with van der Waals surface area (Å²) in [5, 5.41) is 13.3. The minimum absolute atomic E-state index is 0.155. The molecule has 1 aliphatic heterocycles. The van der Waals surface area contributed by atoms with Crippen LogP contribution in [0.1, 0.15) is 34.5 Å². The molecule has 6 nitrogen and oxygen atoms in total. The van der Waals surface area contributed by atoms with Crippen LogP contribution in [0.4, 0.5) is 11.6 Å². The highest BCUT2D eigenvalue weighted by atomic mass is 32.1. The van der Waals surface area contributed by atoms with Crippen LogP contribution < -0.4 is 10.6 Å². The number of rotatable bonds is 4. The van der Waals surface area contributed by atoms with Crippen LogP contribution in [0.3, 0.4) is 0 Å². The van der Waals surface area contributed by atoms with Gasteiger partial charge in [-0.3, -0.25) is 4.79 Å². The predicted molar refractivity (Wildman–Crippen MR) is 134 cm³/mol. The van der Waals surface area contributed by atoms with Gasteiger partial charge in [0.05, 0.1) is 5.57 Å². The monoisotopic (exact) mass is 455 g/mol. The Balaban J connectivity index is 1.60. The van der Waals surface area contributed by atoms with Crippen molar-refractivity contribution in [2.45, 2.75) is 33.7 Å². The molecule has 0 saturated carbocycles. The molecule has 0 aliphatic carbocycles. The number of carbonyl (C=O) groups is 1. The summed E-state index contributed by atoms with van der Waals surface area (Å²) >= 11 is 1.63. The van der Waals surface area contributed by atoms with Crippen LogP contribution in [-0.4, -0.2) is 20.7 Å². The SMILES string of the molecule is CC1=C(C(=O)Nc2ccccc2)C(c2sccc2C)n2nc(-c3ccc(C)c(C)c3)nc2N1. The third-order valence-corrected chi connectivity index (χ3v) is 7.12. The van der Waals surface area contributed by atoms with Gasteiger partial charge in [0.15, 0.2) is 5.82 Å². The Kier molecular flexibility index (Phi) is 5.34. The van der Waals surface area contributed by atoms with Gasteiger partial charge in [0.2, 0.25) is 5.95 Å². The molecule has 2 aromatic heterocycles. The van der Waals surface area contributed by atoms with Crippen molar-refractivity contribution in [1.29, 1.82) is 0 Å². The van der Waals surface area contributed by atoms with E-state index < -0.39 is 0 Å². The van der Waals surface area contributed by atoms with Crippen molar-refractivity contribution in [1.82, 2.24) is 14.8 Å². The molecule has 0 bridgehead atoms. The van der Waals surface area contributed by atoms with Crippen LogP contribution in [0.25, 0.3) is 11.4 Å². The average molecular weight is 456 g/mol. The molecule has 3 heterocycles. The van der Waals surface area contributed by atoms with E-state index >= 15 is 0 Å². The lowest BCUT2D eigenvalue weighted by Gasteiger charge is -2.28. The van der Waals surface area contributed by atoms with E-state index in [1.54, 1.807) is 11.3 Å². The summed E-state index contributed by atoms with van der Waals surface area (Å²) in [5.74, 6) is 1.12. The van der Waals surface area contributed by atoms with Crippen LogP contribution in [-0.2, 0) is 4.79 Å². The standard InChI is InChI=1S/C26H25N5OS/c1-15-10-11-19(14-17(15)3)24-29-26-27-18(4)21(25(32)28-20-8-6-5-7-9-20)22(31(26)30-24)23-16(2)12-13-33-23/h5-14,22H,1-4H3,(H,28,32)(H,27,29,30). The number of carbonyl (C=O) groups excluding carboxylic acids is 1. The Morgan fingerprint density at radius 3 is 2.48 bits per heavy atom. The number of hydrogen-bond acceptors (Lipinski definition) is 5. The number of nitrogens with one attached hydrogen (secondary N) is 2. The van der Waals surface area contributed by atoms with Crippen LogP contribution in [0.5, 0.6) is 0 Å². The van der Waals surface area contributed by atoms with Gasteiger partial charge in [0.1, 0.15) is 6.04 Å². The molecular weight excluding hydrogens is 430 g/mol. The summed E-state index contributed by atoms with van der Waals surface area (Å²) < 4.78 is 1.84. The molecule has 5 rings (SSSR count). The van der Waals surface area contributed by atoms with Crippen LogP contribution in [0, 0.1) is 20.8 Å². The predicted octanol–water partition coefficient (Wildman–Crippen LogP) is 5.86. The van der Waals surface area contributed by atoms with Crippen LogP contribution in [0.2, 0.25) is 0 Å². The zero-order chi connectivity index (χ0) is 23.1. The summed E-state index contributed by atoms with van der Waals surface area (Å²) in [4.78, 5) is 19.4. The van der Waals surface area contributed by atoms with Crippen LogP contribution in [0.15, 0.2) is 71.2 Å². The molecule has 2 aromatic carbocycles. The number of nitrogens with zero attached hydrogens (tertiary/aromatic N) is 3. The van der Waals surface area contributed by atoms with Gasteiger partial charge in [-0.05, 0) is 74.0 Å². The fourth-order valence-corrected chi connectivity index (χ4v) is 5.09. The van der Waals surface area contributed by atoms with Crippen molar-refractivity contribution in [3.8, 4) is 11.4 Å². The van der Waals surface area contributed by atoms with E-state index in [1.165, 1.54) is 11.1 Å². The van der Waals surface area contributed by atoms with E-state index in [0.717, 1.165) is 27.4 Å². The van der Waals surface area contributed by atoms with Crippen molar-refractivity contribution in [3.63, 3.8) is 0 Å². The first-order valence-electron chi connectivity index (χ1n) is 10.8. The smallest absolute Gasteiger partial charge is 0.255 e. The number of amides is 1. The number of aryl methyl sites for hydroxylation is 3. The normalized spacial score (nSPS) is 15.2. The zero-order valence-corrected chi connectivity index (χ0v) is 19.8. The topological polar surface area (TPSA) is 71.8 Å². The number of allylic oxidation sites excluding steroid dienone is 1. The van der Waals surface area contributed by atoms with Gasteiger partial charge in [-0.2, -0.15) is 4.98 Å². The lowest BCUT2D eigenvalue weighted by molar-refractivity contribution is -0.113. The zero-order valence-electron chi connectivity index (χ0n) is 19.0. The molecule has 0 radical (unpaired) electrons. The molecule has 2 N–H and O–H groups in total. The van der Waals surface area contributed by atoms with Gasteiger partial charge in [0, 0.05) is 21.8 Å². The first kappa shape index (κ1) is 21.2. The van der Waals surface area contributed by atoms with Crippen molar-refractivity contribution in [2.75, 3.05) is 10.6 Å². The largest absolute Gasteiger partial charge is 0.328 e. The van der Waals surface area contributed by atoms with Gasteiger partial charge >= 0.3 is 0 Å². The molecule has 0 fully saturated rings. The Hall–Kier alpha value is -3.71. The minimum atomic E-state index is -0.363. The maximum atomic E-state index is 13.5. The maximum Gasteiger partial charge on any atom is 0.255 e. The number of anilines is 2. The number of aromatic nitrogens is 3. The van der Waals surface area contributed by atoms with Crippen molar-refractivity contribution < 1.29 is 4.79 Å². The molecule has 0 spiro atoms. The molecular formula is C26H25N5OS. The summed E-state index contributed by atoms with van der Waals surface area (Å²) in [6.07, 6.45) is 0. The van der Waals surface area contributed by atoms with E-state index in [1.807, 2.05) is 48.0 Å². The van der Waals surface area contributed by atoms with Gasteiger partial charge in [0.25, 0.3) is 5.91 Å². The third kappa shape index (κ3) is 3.85. The highest BCUT2D eigenvalue weighted by molar-refractivity contribution is 7.10. The summed E-state index contributed by atoms with van der Waals surface area (Å²) in [7, 11) is 0. The summed E-state index contributed by atoms with van der Waals surface area (Å²) in [6.45, 7) is 8.16. The van der Waals surface area contributed by atoms with Gasteiger partial charge < -0.3 is 10.6 Å². The molecule has 1 aliphatic rings. The average Bonchev–Trinajstić information content (AvgIpc) is 3.41. The fourth-order valence-electron chi connectivity index (χ4n) is 4.07.